The zero-order valence-electron chi connectivity index (χ0n) is 10.5. The van der Waals surface area contributed by atoms with Gasteiger partial charge in [0.1, 0.15) is 6.33 Å². The number of H-pyrrole nitrogens is 1. The fourth-order valence-electron chi connectivity index (χ4n) is 1.77. The number of aromatic amines is 1. The van der Waals surface area contributed by atoms with Crippen LogP contribution in [0, 0.1) is 0 Å². The van der Waals surface area contributed by atoms with Gasteiger partial charge in [-0.1, -0.05) is 0 Å². The highest BCUT2D eigenvalue weighted by Gasteiger charge is 2.15. The first kappa shape index (κ1) is 13.4. The molecule has 2 amide bonds. The average Bonchev–Trinajstić information content (AvgIpc) is 2.92. The summed E-state index contributed by atoms with van der Waals surface area (Å²) in [4.78, 5) is 28.9. The molecule has 104 valence electrons. The average molecular weight is 267 g/mol. The van der Waals surface area contributed by atoms with Gasteiger partial charge >= 0.3 is 11.8 Å². The van der Waals surface area contributed by atoms with Crippen LogP contribution in [0.1, 0.15) is 0 Å². The second kappa shape index (κ2) is 6.81. The highest BCUT2D eigenvalue weighted by atomic mass is 16.2. The number of rotatable bonds is 4. The number of carbonyl (C=O) groups excluding carboxylic acids is 2. The summed E-state index contributed by atoms with van der Waals surface area (Å²) in [5.41, 5.74) is 0. The molecule has 1 aromatic rings. The Morgan fingerprint density at radius 3 is 2.79 bits per heavy atom. The summed E-state index contributed by atoms with van der Waals surface area (Å²) in [6.07, 6.45) is 1.25. The molecule has 19 heavy (non-hydrogen) atoms. The quantitative estimate of drug-likeness (QED) is 0.459. The summed E-state index contributed by atoms with van der Waals surface area (Å²) < 4.78 is 0. The third-order valence-electron chi connectivity index (χ3n) is 2.78. The molecule has 2 heterocycles. The topological polar surface area (TPSA) is 115 Å². The van der Waals surface area contributed by atoms with Crippen LogP contribution in [0.4, 0.5) is 5.95 Å². The van der Waals surface area contributed by atoms with Crippen LogP contribution >= 0.6 is 0 Å². The van der Waals surface area contributed by atoms with Gasteiger partial charge in [-0.3, -0.25) is 19.8 Å². The van der Waals surface area contributed by atoms with Crippen LogP contribution in [0.2, 0.25) is 0 Å². The molecule has 1 saturated heterocycles. The van der Waals surface area contributed by atoms with Crippen molar-refractivity contribution in [3.63, 3.8) is 0 Å². The molecule has 0 saturated carbocycles. The molecule has 1 aromatic heterocycles. The minimum Gasteiger partial charge on any atom is -0.347 e. The van der Waals surface area contributed by atoms with Gasteiger partial charge in [-0.2, -0.15) is 10.1 Å². The summed E-state index contributed by atoms with van der Waals surface area (Å²) in [6.45, 7) is 5.02. The Bertz CT molecular complexity index is 414. The van der Waals surface area contributed by atoms with Crippen LogP contribution < -0.4 is 16.0 Å². The number of nitrogens with zero attached hydrogens (tertiary/aromatic N) is 3. The van der Waals surface area contributed by atoms with Gasteiger partial charge in [-0.05, 0) is 0 Å². The number of amides is 2. The number of hydrogen-bond acceptors (Lipinski definition) is 6. The van der Waals surface area contributed by atoms with Crippen LogP contribution in [0.25, 0.3) is 0 Å². The monoisotopic (exact) mass is 267 g/mol. The molecular formula is C10H17N7O2. The van der Waals surface area contributed by atoms with Crippen molar-refractivity contribution in [2.75, 3.05) is 44.6 Å². The van der Waals surface area contributed by atoms with E-state index in [1.165, 1.54) is 6.33 Å². The lowest BCUT2D eigenvalue weighted by Gasteiger charge is -2.26. The molecule has 1 fully saturated rings. The Hall–Kier alpha value is -2.00. The number of carbonyl (C=O) groups is 2. The molecule has 1 aliphatic heterocycles. The maximum Gasteiger partial charge on any atom is 0.316 e. The molecule has 1 aliphatic rings. The Morgan fingerprint density at radius 2 is 2.11 bits per heavy atom. The van der Waals surface area contributed by atoms with Crippen molar-refractivity contribution in [1.82, 2.24) is 30.7 Å². The van der Waals surface area contributed by atoms with E-state index in [1.807, 2.05) is 0 Å². The number of anilines is 1. The Balaban J connectivity index is 1.64. The third kappa shape index (κ3) is 4.30. The second-order valence-electron chi connectivity index (χ2n) is 4.14. The Labute approximate surface area is 110 Å². The smallest absolute Gasteiger partial charge is 0.316 e. The highest BCUT2D eigenvalue weighted by molar-refractivity contribution is 6.39. The van der Waals surface area contributed by atoms with Crippen molar-refractivity contribution in [3.05, 3.63) is 6.33 Å². The van der Waals surface area contributed by atoms with E-state index in [0.717, 1.165) is 32.7 Å². The van der Waals surface area contributed by atoms with Crippen LogP contribution in [0.5, 0.6) is 0 Å². The largest absolute Gasteiger partial charge is 0.347 e. The molecular weight excluding hydrogens is 250 g/mol. The van der Waals surface area contributed by atoms with E-state index in [2.05, 4.69) is 36.0 Å². The normalized spacial score (nSPS) is 16.0. The van der Waals surface area contributed by atoms with Crippen molar-refractivity contribution in [2.45, 2.75) is 0 Å². The zero-order chi connectivity index (χ0) is 13.5. The zero-order valence-corrected chi connectivity index (χ0v) is 10.5. The number of aromatic nitrogens is 3. The van der Waals surface area contributed by atoms with Crippen molar-refractivity contribution in [1.29, 1.82) is 0 Å². The lowest BCUT2D eigenvalue weighted by Crippen LogP contribution is -2.47. The Kier molecular flexibility index (Phi) is 4.81. The molecule has 9 heteroatoms. The first-order valence-electron chi connectivity index (χ1n) is 6.13. The fourth-order valence-corrected chi connectivity index (χ4v) is 1.77. The molecule has 0 bridgehead atoms. The molecule has 0 atom stereocenters. The molecule has 2 rings (SSSR count). The number of hydrogen-bond donors (Lipinski definition) is 4. The van der Waals surface area contributed by atoms with Crippen LogP contribution in [-0.4, -0.2) is 71.2 Å². The van der Waals surface area contributed by atoms with Crippen molar-refractivity contribution in [3.8, 4) is 0 Å². The molecule has 0 radical (unpaired) electrons. The summed E-state index contributed by atoms with van der Waals surface area (Å²) in [5, 5.41) is 14.1. The standard InChI is InChI=1S/C10H17N7O2/c18-8(9(19)15-10-13-7-14-16-10)12-3-6-17-4-1-11-2-5-17/h7,11H,1-6H2,(H,12,18)(H2,13,14,15,16,19). The van der Waals surface area contributed by atoms with Gasteiger partial charge < -0.3 is 10.6 Å². The van der Waals surface area contributed by atoms with Gasteiger partial charge in [0.15, 0.2) is 0 Å². The van der Waals surface area contributed by atoms with Gasteiger partial charge in [-0.25, -0.2) is 5.10 Å². The molecule has 9 nitrogen and oxygen atoms in total. The number of nitrogens with one attached hydrogen (secondary N) is 4. The molecule has 0 unspecified atom stereocenters. The minimum atomic E-state index is -0.753. The first-order chi connectivity index (χ1) is 9.25. The number of piperazine rings is 1. The molecule has 0 aromatic carbocycles. The summed E-state index contributed by atoms with van der Waals surface area (Å²) in [6, 6.07) is 0. The summed E-state index contributed by atoms with van der Waals surface area (Å²) in [7, 11) is 0. The molecule has 4 N–H and O–H groups in total. The predicted octanol–water partition coefficient (Wildman–Crippen LogP) is -2.24. The van der Waals surface area contributed by atoms with E-state index in [9.17, 15) is 9.59 Å². The SMILES string of the molecule is O=C(NCCN1CCNCC1)C(=O)Nc1ncn[nH]1. The van der Waals surface area contributed by atoms with Crippen LogP contribution in [-0.2, 0) is 9.59 Å². The van der Waals surface area contributed by atoms with Gasteiger partial charge in [0.25, 0.3) is 0 Å². The molecule has 0 spiro atoms. The third-order valence-corrected chi connectivity index (χ3v) is 2.78. The summed E-state index contributed by atoms with van der Waals surface area (Å²) >= 11 is 0. The van der Waals surface area contributed by atoms with E-state index in [4.69, 9.17) is 0 Å². The maximum absolute atomic E-state index is 11.5. The van der Waals surface area contributed by atoms with Gasteiger partial charge in [-0.15, -0.1) is 0 Å². The second-order valence-corrected chi connectivity index (χ2v) is 4.14. The maximum atomic E-state index is 11.5. The van der Waals surface area contributed by atoms with E-state index < -0.39 is 11.8 Å². The van der Waals surface area contributed by atoms with Crippen molar-refractivity contribution < 1.29 is 9.59 Å². The predicted molar refractivity (Wildman–Crippen MR) is 67.3 cm³/mol. The first-order valence-corrected chi connectivity index (χ1v) is 6.13. The lowest BCUT2D eigenvalue weighted by molar-refractivity contribution is -0.136. The Morgan fingerprint density at radius 1 is 1.32 bits per heavy atom. The molecule has 0 aliphatic carbocycles. The van der Waals surface area contributed by atoms with Crippen molar-refractivity contribution in [2.24, 2.45) is 0 Å². The van der Waals surface area contributed by atoms with E-state index in [1.54, 1.807) is 0 Å². The van der Waals surface area contributed by atoms with Gasteiger partial charge in [0, 0.05) is 39.3 Å². The fraction of sp³-hybridized carbons (Fsp3) is 0.600. The highest BCUT2D eigenvalue weighted by Crippen LogP contribution is 1.92. The van der Waals surface area contributed by atoms with Crippen LogP contribution in [0.3, 0.4) is 0 Å². The van der Waals surface area contributed by atoms with E-state index >= 15 is 0 Å². The van der Waals surface area contributed by atoms with Crippen LogP contribution in [0.15, 0.2) is 6.33 Å². The minimum absolute atomic E-state index is 0.155. The van der Waals surface area contributed by atoms with E-state index in [-0.39, 0.29) is 5.95 Å². The lowest BCUT2D eigenvalue weighted by atomic mass is 10.3. The van der Waals surface area contributed by atoms with Gasteiger partial charge in [0.2, 0.25) is 5.95 Å². The summed E-state index contributed by atoms with van der Waals surface area (Å²) in [5.74, 6) is -1.27. The van der Waals surface area contributed by atoms with Crippen molar-refractivity contribution >= 4 is 17.8 Å². The van der Waals surface area contributed by atoms with Gasteiger partial charge in [0.05, 0.1) is 0 Å². The van der Waals surface area contributed by atoms with E-state index in [0.29, 0.717) is 6.54 Å².